The van der Waals surface area contributed by atoms with Gasteiger partial charge in [0.1, 0.15) is 0 Å². The lowest BCUT2D eigenvalue weighted by Gasteiger charge is -2.07. The Bertz CT molecular complexity index is 716. The predicted octanol–water partition coefficient (Wildman–Crippen LogP) is 1.92. The first kappa shape index (κ1) is 14.0. The number of hydrogen-bond donors (Lipinski definition) is 1. The normalized spacial score (nSPS) is 14.1. The summed E-state index contributed by atoms with van der Waals surface area (Å²) in [6.07, 6.45) is 3.84. The van der Waals surface area contributed by atoms with Crippen LogP contribution in [-0.4, -0.2) is 22.0 Å². The highest BCUT2D eigenvalue weighted by Crippen LogP contribution is 2.38. The summed E-state index contributed by atoms with van der Waals surface area (Å²) in [5.74, 6) is 0.387. The van der Waals surface area contributed by atoms with Gasteiger partial charge in [0.2, 0.25) is 0 Å². The molecule has 0 unspecified atom stereocenters. The van der Waals surface area contributed by atoms with Gasteiger partial charge in [0.05, 0.1) is 16.9 Å². The first-order valence-corrected chi connectivity index (χ1v) is 7.91. The molecular weight excluding hydrogens is 286 g/mol. The summed E-state index contributed by atoms with van der Waals surface area (Å²) in [5, 5.41) is 4.77. The minimum Gasteiger partial charge on any atom is -0.350 e. The van der Waals surface area contributed by atoms with Gasteiger partial charge in [-0.2, -0.15) is 0 Å². The fraction of sp³-hybridized carbons (Fsp3) is 0.400. The van der Waals surface area contributed by atoms with Crippen molar-refractivity contribution in [3.05, 3.63) is 50.3 Å². The van der Waals surface area contributed by atoms with Crippen LogP contribution in [0.3, 0.4) is 0 Å². The number of nitrogens with one attached hydrogen (secondary N) is 1. The van der Waals surface area contributed by atoms with Gasteiger partial charge in [0.15, 0.2) is 0 Å². The Balaban J connectivity index is 1.55. The number of nitrogens with zero attached hydrogens (tertiary/aromatic N) is 2. The Morgan fingerprint density at radius 3 is 2.90 bits per heavy atom. The molecule has 2 aromatic heterocycles. The van der Waals surface area contributed by atoms with Crippen molar-refractivity contribution in [2.24, 2.45) is 0 Å². The van der Waals surface area contributed by atoms with E-state index in [1.165, 1.54) is 15.9 Å². The molecule has 1 amide bonds. The van der Waals surface area contributed by atoms with Crippen molar-refractivity contribution in [1.82, 2.24) is 14.9 Å². The highest BCUT2D eigenvalue weighted by atomic mass is 32.1. The van der Waals surface area contributed by atoms with Crippen LogP contribution in [0, 0.1) is 6.92 Å². The summed E-state index contributed by atoms with van der Waals surface area (Å²) in [5.41, 5.74) is 1.93. The van der Waals surface area contributed by atoms with Gasteiger partial charge in [-0.3, -0.25) is 14.2 Å². The third-order valence-corrected chi connectivity index (χ3v) is 4.54. The summed E-state index contributed by atoms with van der Waals surface area (Å²) in [6, 6.07) is 3.47. The number of thiophene rings is 1. The largest absolute Gasteiger partial charge is 0.350 e. The van der Waals surface area contributed by atoms with E-state index in [0.29, 0.717) is 23.9 Å². The number of hydrogen-bond acceptors (Lipinski definition) is 4. The molecule has 3 rings (SSSR count). The van der Waals surface area contributed by atoms with Gasteiger partial charge in [-0.25, -0.2) is 4.98 Å². The van der Waals surface area contributed by atoms with Crippen molar-refractivity contribution in [3.63, 3.8) is 0 Å². The van der Waals surface area contributed by atoms with Crippen molar-refractivity contribution in [3.8, 4) is 0 Å². The maximum absolute atomic E-state index is 11.9. The van der Waals surface area contributed by atoms with Crippen molar-refractivity contribution < 1.29 is 4.79 Å². The lowest BCUT2D eigenvalue weighted by Crippen LogP contribution is -2.30. The Morgan fingerprint density at radius 1 is 1.48 bits per heavy atom. The summed E-state index contributed by atoms with van der Waals surface area (Å²) in [7, 11) is 0. The third-order valence-electron chi connectivity index (χ3n) is 3.49. The molecule has 0 spiro atoms. The molecule has 0 atom stereocenters. The van der Waals surface area contributed by atoms with E-state index in [-0.39, 0.29) is 11.5 Å². The maximum Gasteiger partial charge on any atom is 0.261 e. The molecule has 1 N–H and O–H groups in total. The van der Waals surface area contributed by atoms with E-state index < -0.39 is 0 Å². The van der Waals surface area contributed by atoms with Gasteiger partial charge in [-0.15, -0.1) is 11.3 Å². The minimum atomic E-state index is -0.0938. The zero-order valence-corrected chi connectivity index (χ0v) is 12.7. The molecule has 110 valence electrons. The van der Waals surface area contributed by atoms with E-state index >= 15 is 0 Å². The quantitative estimate of drug-likeness (QED) is 0.918. The van der Waals surface area contributed by atoms with E-state index in [4.69, 9.17) is 0 Å². The summed E-state index contributed by atoms with van der Waals surface area (Å²) < 4.78 is 1.53. The topological polar surface area (TPSA) is 64.0 Å². The van der Waals surface area contributed by atoms with E-state index in [9.17, 15) is 9.59 Å². The lowest BCUT2D eigenvalue weighted by atomic mass is 10.3. The van der Waals surface area contributed by atoms with E-state index in [2.05, 4.69) is 10.3 Å². The van der Waals surface area contributed by atoms with Crippen LogP contribution in [0.1, 0.15) is 39.7 Å². The molecule has 0 bridgehead atoms. The number of aryl methyl sites for hydroxylation is 1. The zero-order chi connectivity index (χ0) is 14.8. The molecule has 1 fully saturated rings. The van der Waals surface area contributed by atoms with Gasteiger partial charge in [-0.1, -0.05) is 0 Å². The third kappa shape index (κ3) is 3.39. The second-order valence-electron chi connectivity index (χ2n) is 5.36. The maximum atomic E-state index is 11.9. The molecule has 0 saturated heterocycles. The van der Waals surface area contributed by atoms with Crippen molar-refractivity contribution in [1.29, 1.82) is 0 Å². The van der Waals surface area contributed by atoms with Crippen LogP contribution in [-0.2, 0) is 6.54 Å². The van der Waals surface area contributed by atoms with Crippen LogP contribution < -0.4 is 10.9 Å². The van der Waals surface area contributed by atoms with Crippen LogP contribution in [0.2, 0.25) is 0 Å². The molecule has 1 aliphatic carbocycles. The Kier molecular flexibility index (Phi) is 3.88. The predicted molar refractivity (Wildman–Crippen MR) is 81.9 cm³/mol. The smallest absolute Gasteiger partial charge is 0.261 e. The van der Waals surface area contributed by atoms with Crippen molar-refractivity contribution >= 4 is 17.2 Å². The second-order valence-corrected chi connectivity index (χ2v) is 6.28. The van der Waals surface area contributed by atoms with E-state index in [1.54, 1.807) is 12.4 Å². The van der Waals surface area contributed by atoms with E-state index in [0.717, 1.165) is 24.1 Å². The van der Waals surface area contributed by atoms with Crippen LogP contribution in [0.15, 0.2) is 28.6 Å². The number of rotatable bonds is 5. The Hall–Kier alpha value is -1.95. The van der Waals surface area contributed by atoms with Crippen LogP contribution >= 0.6 is 11.3 Å². The van der Waals surface area contributed by atoms with Gasteiger partial charge in [-0.05, 0) is 36.8 Å². The van der Waals surface area contributed by atoms with Crippen LogP contribution in [0.4, 0.5) is 0 Å². The van der Waals surface area contributed by atoms with Gasteiger partial charge in [0.25, 0.3) is 11.5 Å². The molecule has 6 heteroatoms. The molecular formula is C15H17N3O2S. The second kappa shape index (κ2) is 5.81. The standard InChI is InChI=1S/C15H17N3O2S/c1-10-6-13(21-8-10)15(20)16-4-5-18-9-17-12(7-14(18)19)11-2-3-11/h6-9,11H,2-5H2,1H3,(H,16,20). The van der Waals surface area contributed by atoms with Gasteiger partial charge in [0, 0.05) is 25.1 Å². The summed E-state index contributed by atoms with van der Waals surface area (Å²) in [4.78, 5) is 28.8. The fourth-order valence-electron chi connectivity index (χ4n) is 2.14. The van der Waals surface area contributed by atoms with Gasteiger partial charge < -0.3 is 5.32 Å². The Morgan fingerprint density at radius 2 is 2.29 bits per heavy atom. The zero-order valence-electron chi connectivity index (χ0n) is 11.8. The average molecular weight is 303 g/mol. The first-order valence-electron chi connectivity index (χ1n) is 7.03. The number of carbonyl (C=O) groups is 1. The monoisotopic (exact) mass is 303 g/mol. The summed E-state index contributed by atoms with van der Waals surface area (Å²) >= 11 is 1.43. The van der Waals surface area contributed by atoms with Crippen molar-refractivity contribution in [2.45, 2.75) is 32.2 Å². The Labute approximate surface area is 126 Å². The lowest BCUT2D eigenvalue weighted by molar-refractivity contribution is 0.0956. The average Bonchev–Trinajstić information content (AvgIpc) is 3.22. The molecule has 2 aromatic rings. The highest BCUT2D eigenvalue weighted by Gasteiger charge is 2.25. The molecule has 0 aliphatic heterocycles. The molecule has 0 radical (unpaired) electrons. The molecule has 5 nitrogen and oxygen atoms in total. The molecule has 2 heterocycles. The van der Waals surface area contributed by atoms with E-state index in [1.807, 2.05) is 18.4 Å². The number of carbonyl (C=O) groups excluding carboxylic acids is 1. The SMILES string of the molecule is Cc1csc(C(=O)NCCn2cnc(C3CC3)cc2=O)c1. The first-order chi connectivity index (χ1) is 10.1. The van der Waals surface area contributed by atoms with Crippen LogP contribution in [0.5, 0.6) is 0 Å². The molecule has 1 aliphatic rings. The molecule has 21 heavy (non-hydrogen) atoms. The molecule has 1 saturated carbocycles. The van der Waals surface area contributed by atoms with Gasteiger partial charge >= 0.3 is 0 Å². The van der Waals surface area contributed by atoms with Crippen molar-refractivity contribution in [2.75, 3.05) is 6.54 Å². The fourth-order valence-corrected chi connectivity index (χ4v) is 2.95. The minimum absolute atomic E-state index is 0.0480. The number of amides is 1. The molecule has 0 aromatic carbocycles. The number of aromatic nitrogens is 2. The summed E-state index contributed by atoms with van der Waals surface area (Å²) in [6.45, 7) is 2.81. The highest BCUT2D eigenvalue weighted by molar-refractivity contribution is 7.12. The van der Waals surface area contributed by atoms with Crippen LogP contribution in [0.25, 0.3) is 0 Å².